The molecule has 2 fully saturated rings. The van der Waals surface area contributed by atoms with E-state index in [2.05, 4.69) is 15.0 Å². The average Bonchev–Trinajstić information content (AvgIpc) is 2.98. The van der Waals surface area contributed by atoms with Crippen LogP contribution in [0.15, 0.2) is 15.7 Å². The van der Waals surface area contributed by atoms with Crippen LogP contribution in [0.2, 0.25) is 0 Å². The topological polar surface area (TPSA) is 98.9 Å². The number of carbonyl (C=O) groups is 1. The largest absolute Gasteiger partial charge is 0.334 e. The number of hydrogen-bond donors (Lipinski definition) is 2. The van der Waals surface area contributed by atoms with E-state index in [1.54, 1.807) is 13.0 Å². The number of nitrogens with one attached hydrogen (secondary N) is 2. The molecule has 24 heavy (non-hydrogen) atoms. The molecule has 1 unspecified atom stereocenters. The molecule has 1 amide bonds. The number of amides is 1. The van der Waals surface area contributed by atoms with E-state index < -0.39 is 11.2 Å². The second kappa shape index (κ2) is 5.58. The van der Waals surface area contributed by atoms with Crippen LogP contribution in [0.25, 0.3) is 11.0 Å². The Morgan fingerprint density at radius 1 is 1.21 bits per heavy atom. The van der Waals surface area contributed by atoms with Gasteiger partial charge in [-0.2, -0.15) is 0 Å². The predicted molar refractivity (Wildman–Crippen MR) is 89.1 cm³/mol. The summed E-state index contributed by atoms with van der Waals surface area (Å²) in [6.07, 6.45) is 5.95. The second-order valence-corrected chi connectivity index (χ2v) is 6.86. The molecule has 7 heteroatoms. The van der Waals surface area contributed by atoms with E-state index in [0.717, 1.165) is 13.0 Å². The van der Waals surface area contributed by atoms with Gasteiger partial charge in [-0.15, -0.1) is 0 Å². The van der Waals surface area contributed by atoms with Crippen molar-refractivity contribution < 1.29 is 4.79 Å². The lowest BCUT2D eigenvalue weighted by molar-refractivity contribution is 0.0302. The highest BCUT2D eigenvalue weighted by Crippen LogP contribution is 2.36. The fourth-order valence-corrected chi connectivity index (χ4v) is 4.10. The summed E-state index contributed by atoms with van der Waals surface area (Å²) in [6.45, 7) is 2.50. The first-order valence-electron chi connectivity index (χ1n) is 8.49. The molecule has 2 aromatic rings. The highest BCUT2D eigenvalue weighted by molar-refractivity contribution is 5.95. The number of aromatic amines is 2. The molecule has 0 radical (unpaired) electrons. The maximum absolute atomic E-state index is 12.8. The van der Waals surface area contributed by atoms with Gasteiger partial charge in [0.25, 0.3) is 11.5 Å². The molecular weight excluding hydrogens is 308 g/mol. The monoisotopic (exact) mass is 328 g/mol. The summed E-state index contributed by atoms with van der Waals surface area (Å²) in [5.41, 5.74) is 0.00934. The summed E-state index contributed by atoms with van der Waals surface area (Å²) in [6, 6.07) is 1.96. The summed E-state index contributed by atoms with van der Waals surface area (Å²) < 4.78 is 0. The second-order valence-electron chi connectivity index (χ2n) is 6.86. The molecule has 0 bridgehead atoms. The Kier molecular flexibility index (Phi) is 3.51. The van der Waals surface area contributed by atoms with E-state index in [4.69, 9.17) is 0 Å². The molecule has 0 aromatic carbocycles. The van der Waals surface area contributed by atoms with E-state index in [1.807, 2.05) is 4.90 Å². The number of carbonyl (C=O) groups excluding carboxylic acids is 1. The van der Waals surface area contributed by atoms with Crippen LogP contribution in [-0.4, -0.2) is 38.3 Å². The molecule has 1 saturated carbocycles. The first kappa shape index (κ1) is 15.1. The lowest BCUT2D eigenvalue weighted by Crippen LogP contribution is -2.54. The van der Waals surface area contributed by atoms with Crippen LogP contribution >= 0.6 is 0 Å². The Morgan fingerprint density at radius 3 is 2.62 bits per heavy atom. The zero-order valence-electron chi connectivity index (χ0n) is 13.6. The number of likely N-dealkylation sites (tertiary alicyclic amines) is 1. The highest BCUT2D eigenvalue weighted by atomic mass is 16.2. The van der Waals surface area contributed by atoms with Crippen LogP contribution < -0.4 is 11.2 Å². The molecule has 1 aliphatic heterocycles. The van der Waals surface area contributed by atoms with Crippen molar-refractivity contribution in [3.8, 4) is 0 Å². The van der Waals surface area contributed by atoms with Crippen molar-refractivity contribution in [3.63, 3.8) is 0 Å². The normalized spacial score (nSPS) is 21.2. The third-order valence-electron chi connectivity index (χ3n) is 5.39. The van der Waals surface area contributed by atoms with E-state index in [1.165, 1.54) is 25.7 Å². The van der Waals surface area contributed by atoms with Gasteiger partial charge in [0.05, 0.1) is 5.39 Å². The fourth-order valence-electron chi connectivity index (χ4n) is 4.10. The summed E-state index contributed by atoms with van der Waals surface area (Å²) in [5, 5.41) is 0.321. The lowest BCUT2D eigenvalue weighted by Gasteiger charge is -2.44. The Bertz CT molecular complexity index is 924. The molecule has 126 valence electrons. The zero-order valence-corrected chi connectivity index (χ0v) is 13.6. The third kappa shape index (κ3) is 2.35. The molecule has 1 atom stereocenters. The Labute approximate surface area is 138 Å². The number of H-pyrrole nitrogens is 2. The number of hydrogen-bond acceptors (Lipinski definition) is 4. The SMILES string of the molecule is Cc1cc(C(=O)N2CCC2C2CCCC2)nc2[nH]c(=O)[nH]c(=O)c12. The quantitative estimate of drug-likeness (QED) is 0.868. The Morgan fingerprint density at radius 2 is 1.96 bits per heavy atom. The summed E-state index contributed by atoms with van der Waals surface area (Å²) in [5.74, 6) is 0.496. The van der Waals surface area contributed by atoms with Crippen LogP contribution in [0, 0.1) is 12.8 Å². The van der Waals surface area contributed by atoms with Gasteiger partial charge in [-0.3, -0.25) is 19.6 Å². The van der Waals surface area contributed by atoms with E-state index in [9.17, 15) is 14.4 Å². The van der Waals surface area contributed by atoms with Crippen LogP contribution in [0.3, 0.4) is 0 Å². The molecule has 2 aromatic heterocycles. The van der Waals surface area contributed by atoms with Crippen molar-refractivity contribution >= 4 is 16.9 Å². The molecule has 3 heterocycles. The number of nitrogens with zero attached hydrogens (tertiary/aromatic N) is 2. The van der Waals surface area contributed by atoms with Crippen molar-refractivity contribution in [2.45, 2.75) is 45.1 Å². The minimum atomic E-state index is -0.614. The molecule has 2 N–H and O–H groups in total. The van der Waals surface area contributed by atoms with Gasteiger partial charge in [0.1, 0.15) is 11.3 Å². The van der Waals surface area contributed by atoms with Crippen molar-refractivity contribution in [2.24, 2.45) is 5.92 Å². The van der Waals surface area contributed by atoms with Crippen LogP contribution in [-0.2, 0) is 0 Å². The first-order valence-corrected chi connectivity index (χ1v) is 8.49. The molecule has 1 aliphatic carbocycles. The van der Waals surface area contributed by atoms with Gasteiger partial charge in [-0.05, 0) is 43.7 Å². The third-order valence-corrected chi connectivity index (χ3v) is 5.39. The Hall–Kier alpha value is -2.44. The van der Waals surface area contributed by atoms with E-state index >= 15 is 0 Å². The van der Waals surface area contributed by atoms with Crippen molar-refractivity contribution in [3.05, 3.63) is 38.2 Å². The number of aromatic nitrogens is 3. The lowest BCUT2D eigenvalue weighted by atomic mass is 9.87. The Balaban J connectivity index is 1.70. The van der Waals surface area contributed by atoms with Gasteiger partial charge >= 0.3 is 5.69 Å². The van der Waals surface area contributed by atoms with Gasteiger partial charge < -0.3 is 4.90 Å². The van der Waals surface area contributed by atoms with Crippen molar-refractivity contribution in [2.75, 3.05) is 6.54 Å². The molecule has 4 rings (SSSR count). The summed E-state index contributed by atoms with van der Waals surface area (Å²) in [4.78, 5) is 47.1. The number of aryl methyl sites for hydroxylation is 1. The minimum Gasteiger partial charge on any atom is -0.334 e. The maximum atomic E-state index is 12.8. The van der Waals surface area contributed by atoms with Gasteiger partial charge in [0, 0.05) is 12.6 Å². The van der Waals surface area contributed by atoms with Gasteiger partial charge in [0.2, 0.25) is 0 Å². The molecule has 7 nitrogen and oxygen atoms in total. The summed E-state index contributed by atoms with van der Waals surface area (Å²) >= 11 is 0. The van der Waals surface area contributed by atoms with Gasteiger partial charge in [-0.1, -0.05) is 12.8 Å². The standard InChI is InChI=1S/C17H20N4O3/c1-9-8-11(18-14-13(9)15(22)20-17(24)19-14)16(23)21-7-6-12(21)10-4-2-3-5-10/h8,10,12H,2-7H2,1H3,(H2,18,19,20,22,24). The molecule has 2 aliphatic rings. The van der Waals surface area contributed by atoms with Crippen LogP contribution in [0.1, 0.15) is 48.2 Å². The number of rotatable bonds is 2. The maximum Gasteiger partial charge on any atom is 0.327 e. The zero-order chi connectivity index (χ0) is 16.8. The molecule has 0 spiro atoms. The van der Waals surface area contributed by atoms with Crippen molar-refractivity contribution in [1.82, 2.24) is 19.9 Å². The minimum absolute atomic E-state index is 0.107. The smallest absolute Gasteiger partial charge is 0.327 e. The fraction of sp³-hybridized carbons (Fsp3) is 0.529. The molecular formula is C17H20N4O3. The predicted octanol–water partition coefficient (Wildman–Crippen LogP) is 1.32. The van der Waals surface area contributed by atoms with E-state index in [0.29, 0.717) is 28.6 Å². The number of fused-ring (bicyclic) bond motifs is 1. The molecule has 1 saturated heterocycles. The first-order chi connectivity index (χ1) is 11.5. The van der Waals surface area contributed by atoms with Gasteiger partial charge in [0.15, 0.2) is 0 Å². The van der Waals surface area contributed by atoms with Crippen molar-refractivity contribution in [1.29, 1.82) is 0 Å². The van der Waals surface area contributed by atoms with Crippen LogP contribution in [0.4, 0.5) is 0 Å². The summed E-state index contributed by atoms with van der Waals surface area (Å²) in [7, 11) is 0. The average molecular weight is 328 g/mol. The highest BCUT2D eigenvalue weighted by Gasteiger charge is 2.39. The van der Waals surface area contributed by atoms with Crippen LogP contribution in [0.5, 0.6) is 0 Å². The van der Waals surface area contributed by atoms with Gasteiger partial charge in [-0.25, -0.2) is 9.78 Å². The van der Waals surface area contributed by atoms with E-state index in [-0.39, 0.29) is 11.6 Å². The number of pyridine rings is 1.